The van der Waals surface area contributed by atoms with Gasteiger partial charge in [-0.1, -0.05) is 152 Å². The maximum absolute atomic E-state index is 14.3. The second kappa shape index (κ2) is 17.4. The van der Waals surface area contributed by atoms with Crippen LogP contribution in [0.2, 0.25) is 0 Å². The predicted molar refractivity (Wildman–Crippen MR) is 207 cm³/mol. The highest BCUT2D eigenvalue weighted by Gasteiger charge is 2.54. The highest BCUT2D eigenvalue weighted by Crippen LogP contribution is 2.35. The third-order valence-electron chi connectivity index (χ3n) is 9.60. The normalized spacial score (nSPS) is 17.8. The van der Waals surface area contributed by atoms with Crippen LogP contribution in [0.15, 0.2) is 163 Å². The van der Waals surface area contributed by atoms with E-state index in [0.29, 0.717) is 17.7 Å². The van der Waals surface area contributed by atoms with E-state index in [9.17, 15) is 19.2 Å². The zero-order valence-corrected chi connectivity index (χ0v) is 31.0. The number of ether oxygens (including phenoxy) is 4. The fourth-order valence-corrected chi connectivity index (χ4v) is 6.71. The summed E-state index contributed by atoms with van der Waals surface area (Å²) in [6.45, 7) is 4.00. The Labute approximate surface area is 325 Å². The Morgan fingerprint density at radius 2 is 1.07 bits per heavy atom. The summed E-state index contributed by atoms with van der Waals surface area (Å²) in [6.07, 6.45) is -2.86. The van der Waals surface area contributed by atoms with Gasteiger partial charge < -0.3 is 24.3 Å². The molecule has 4 atom stereocenters. The minimum atomic E-state index is -1.44. The fraction of sp³-hybridized carbons (Fsp3) is 0.217. The number of esters is 2. The molecule has 284 valence electrons. The summed E-state index contributed by atoms with van der Waals surface area (Å²) in [6, 6.07) is 44.5. The molecule has 0 saturated carbocycles. The average Bonchev–Trinajstić information content (AvgIpc) is 4.07. The van der Waals surface area contributed by atoms with Gasteiger partial charge in [0.05, 0.1) is 13.2 Å². The molecule has 7 rings (SSSR count). The third-order valence-corrected chi connectivity index (χ3v) is 9.60. The highest BCUT2D eigenvalue weighted by atomic mass is 16.6. The standard InChI is InChI=1S/C46H42N2O8/c1-30(2)39(46(52)56-41(34-24-14-6-15-25-34)35-26-16-7-17-27-35)48-43(50)38(44(48)54-29-36-28-53-36)47-42(49)37(31-18-8-3-9-19-31)45(51)55-40(32-20-10-4-11-21-32)33-22-12-5-13-23-33/h3-27,36-38,40-41,44H,28-29H2,1-2H3,(H,47,49)/t36?,37?,38-,44-/m1/s1. The van der Waals surface area contributed by atoms with Gasteiger partial charge in [0.15, 0.2) is 30.4 Å². The minimum Gasteiger partial charge on any atom is -0.452 e. The van der Waals surface area contributed by atoms with Gasteiger partial charge in [-0.2, -0.15) is 0 Å². The van der Waals surface area contributed by atoms with E-state index in [2.05, 4.69) is 5.32 Å². The van der Waals surface area contributed by atoms with Crippen LogP contribution in [-0.2, 0) is 38.1 Å². The van der Waals surface area contributed by atoms with Crippen LogP contribution in [-0.4, -0.2) is 60.2 Å². The molecule has 2 aliphatic heterocycles. The number of allylic oxidation sites excluding steroid dienone is 1. The van der Waals surface area contributed by atoms with Crippen LogP contribution in [0.3, 0.4) is 0 Å². The van der Waals surface area contributed by atoms with Crippen LogP contribution < -0.4 is 5.32 Å². The van der Waals surface area contributed by atoms with Crippen LogP contribution >= 0.6 is 0 Å². The van der Waals surface area contributed by atoms with Gasteiger partial charge in [-0.15, -0.1) is 0 Å². The van der Waals surface area contributed by atoms with Gasteiger partial charge in [0.1, 0.15) is 11.8 Å². The van der Waals surface area contributed by atoms with Crippen molar-refractivity contribution in [3.8, 4) is 0 Å². The largest absolute Gasteiger partial charge is 0.452 e. The summed E-state index contributed by atoms with van der Waals surface area (Å²) in [5.41, 5.74) is 3.82. The molecule has 2 unspecified atom stereocenters. The van der Waals surface area contributed by atoms with Crippen LogP contribution in [0.5, 0.6) is 0 Å². The summed E-state index contributed by atoms with van der Waals surface area (Å²) < 4.78 is 23.9. The molecule has 2 heterocycles. The Morgan fingerprint density at radius 1 is 0.661 bits per heavy atom. The number of carbonyl (C=O) groups is 4. The number of hydrogen-bond donors (Lipinski definition) is 1. The lowest BCUT2D eigenvalue weighted by Crippen LogP contribution is -2.72. The molecule has 0 aliphatic carbocycles. The smallest absolute Gasteiger partial charge is 0.356 e. The van der Waals surface area contributed by atoms with Crippen LogP contribution in [0.1, 0.15) is 59.8 Å². The van der Waals surface area contributed by atoms with Gasteiger partial charge >= 0.3 is 11.9 Å². The van der Waals surface area contributed by atoms with Gasteiger partial charge in [-0.25, -0.2) is 4.79 Å². The maximum atomic E-state index is 14.3. The highest BCUT2D eigenvalue weighted by molar-refractivity contribution is 6.07. The van der Waals surface area contributed by atoms with Crippen molar-refractivity contribution in [2.45, 2.75) is 50.3 Å². The second-order valence-electron chi connectivity index (χ2n) is 13.8. The molecule has 56 heavy (non-hydrogen) atoms. The summed E-state index contributed by atoms with van der Waals surface area (Å²) in [7, 11) is 0. The van der Waals surface area contributed by atoms with E-state index in [1.54, 1.807) is 44.2 Å². The zero-order valence-electron chi connectivity index (χ0n) is 31.0. The third kappa shape index (κ3) is 8.62. The number of amides is 2. The van der Waals surface area contributed by atoms with E-state index in [-0.39, 0.29) is 18.4 Å². The summed E-state index contributed by atoms with van der Waals surface area (Å²) in [4.78, 5) is 58.1. The lowest BCUT2D eigenvalue weighted by molar-refractivity contribution is -0.184. The summed E-state index contributed by atoms with van der Waals surface area (Å²) in [5, 5.41) is 2.78. The topological polar surface area (TPSA) is 124 Å². The molecule has 2 amide bonds. The van der Waals surface area contributed by atoms with Crippen LogP contribution in [0, 0.1) is 0 Å². The molecule has 0 aromatic heterocycles. The van der Waals surface area contributed by atoms with Crippen LogP contribution in [0.4, 0.5) is 0 Å². The maximum Gasteiger partial charge on any atom is 0.356 e. The van der Waals surface area contributed by atoms with E-state index < -0.39 is 54.1 Å². The lowest BCUT2D eigenvalue weighted by atomic mass is 9.95. The molecule has 1 N–H and O–H groups in total. The summed E-state index contributed by atoms with van der Waals surface area (Å²) in [5.74, 6) is -4.34. The number of benzene rings is 5. The molecule has 2 fully saturated rings. The Kier molecular flexibility index (Phi) is 11.8. The molecule has 5 aromatic carbocycles. The molecular formula is C46H42N2O8. The monoisotopic (exact) mass is 750 g/mol. The SMILES string of the molecule is CC(C)=C(C(=O)OC(c1ccccc1)c1ccccc1)N1C(=O)[C@@H](NC(=O)C(C(=O)OC(c2ccccc2)c2ccccc2)c2ccccc2)[C@H]1OCC1CO1. The Hall–Kier alpha value is -6.36. The lowest BCUT2D eigenvalue weighted by Gasteiger charge is -2.47. The minimum absolute atomic E-state index is 0.00772. The van der Waals surface area contributed by atoms with Gasteiger partial charge in [0.2, 0.25) is 5.91 Å². The number of β-lactam (4-membered cyclic amide) rings is 1. The van der Waals surface area contributed by atoms with Crippen molar-refractivity contribution in [2.24, 2.45) is 0 Å². The Bertz CT molecular complexity index is 2080. The van der Waals surface area contributed by atoms with E-state index in [1.807, 2.05) is 121 Å². The molecule has 2 saturated heterocycles. The first-order valence-corrected chi connectivity index (χ1v) is 18.5. The van der Waals surface area contributed by atoms with Crippen molar-refractivity contribution in [2.75, 3.05) is 13.2 Å². The van der Waals surface area contributed by atoms with E-state index in [0.717, 1.165) is 22.3 Å². The first-order chi connectivity index (χ1) is 27.3. The number of carbonyl (C=O) groups excluding carboxylic acids is 4. The number of likely N-dealkylation sites (tertiary alicyclic amines) is 1. The second-order valence-corrected chi connectivity index (χ2v) is 13.8. The predicted octanol–water partition coefficient (Wildman–Crippen LogP) is 6.80. The van der Waals surface area contributed by atoms with E-state index in [1.165, 1.54) is 4.90 Å². The van der Waals surface area contributed by atoms with Gasteiger partial charge in [-0.05, 0) is 47.2 Å². The number of nitrogens with one attached hydrogen (secondary N) is 1. The van der Waals surface area contributed by atoms with Crippen molar-refractivity contribution in [3.63, 3.8) is 0 Å². The van der Waals surface area contributed by atoms with Gasteiger partial charge in [0, 0.05) is 0 Å². The van der Waals surface area contributed by atoms with Crippen LogP contribution in [0.25, 0.3) is 0 Å². The van der Waals surface area contributed by atoms with Crippen molar-refractivity contribution < 1.29 is 38.1 Å². The van der Waals surface area contributed by atoms with Gasteiger partial charge in [-0.3, -0.25) is 19.3 Å². The molecule has 10 nitrogen and oxygen atoms in total. The van der Waals surface area contributed by atoms with Crippen molar-refractivity contribution >= 4 is 23.8 Å². The molecule has 0 bridgehead atoms. The Balaban J connectivity index is 1.15. The quantitative estimate of drug-likeness (QED) is 0.0408. The average molecular weight is 751 g/mol. The molecule has 5 aromatic rings. The number of rotatable bonds is 15. The molecule has 0 spiro atoms. The number of nitrogens with zero attached hydrogens (tertiary/aromatic N) is 1. The fourth-order valence-electron chi connectivity index (χ4n) is 6.71. The van der Waals surface area contributed by atoms with Crippen molar-refractivity contribution in [1.29, 1.82) is 0 Å². The number of hydrogen-bond acceptors (Lipinski definition) is 8. The van der Waals surface area contributed by atoms with Crippen molar-refractivity contribution in [1.82, 2.24) is 10.2 Å². The van der Waals surface area contributed by atoms with E-state index in [4.69, 9.17) is 18.9 Å². The first kappa shape index (κ1) is 37.9. The van der Waals surface area contributed by atoms with Gasteiger partial charge in [0.25, 0.3) is 5.91 Å². The molecule has 0 radical (unpaired) electrons. The first-order valence-electron chi connectivity index (χ1n) is 18.5. The molecule has 2 aliphatic rings. The summed E-state index contributed by atoms with van der Waals surface area (Å²) >= 11 is 0. The number of epoxide rings is 1. The molecular weight excluding hydrogens is 709 g/mol. The van der Waals surface area contributed by atoms with E-state index >= 15 is 0 Å². The molecule has 10 heteroatoms. The zero-order chi connectivity index (χ0) is 39.0. The Morgan fingerprint density at radius 3 is 1.48 bits per heavy atom. The van der Waals surface area contributed by atoms with Crippen molar-refractivity contribution in [3.05, 3.63) is 191 Å².